The van der Waals surface area contributed by atoms with Gasteiger partial charge < -0.3 is 29.7 Å². The lowest BCUT2D eigenvalue weighted by molar-refractivity contribution is -0.456. The predicted molar refractivity (Wildman–Crippen MR) is 53.0 cm³/mol. The first-order valence-corrected chi connectivity index (χ1v) is 8.32. The molecule has 5 saturated heterocycles. The van der Waals surface area contributed by atoms with Crippen molar-refractivity contribution >= 4 is 27.6 Å². The molecular weight excluding hydrogens is 374 g/mol. The molecule has 0 radical (unpaired) electrons. The van der Waals surface area contributed by atoms with E-state index in [1.54, 1.807) is 0 Å². The number of carbonyl (C=O) groups excluding carboxylic acids is 2. The van der Waals surface area contributed by atoms with Gasteiger partial charge in [0.05, 0.1) is 0 Å². The molecule has 4 atom stereocenters. The Balaban J connectivity index is 1.86. The minimum atomic E-state index is -5.25. The van der Waals surface area contributed by atoms with E-state index in [0.29, 0.717) is 0 Å². The normalized spacial score (nSPS) is 60.7. The van der Waals surface area contributed by atoms with Gasteiger partial charge in [0, 0.05) is 0 Å². The van der Waals surface area contributed by atoms with Crippen molar-refractivity contribution in [2.75, 3.05) is 0 Å². The Labute approximate surface area is 123 Å². The molecule has 128 valence electrons. The van der Waals surface area contributed by atoms with Crippen LogP contribution in [-0.2, 0) is 45.8 Å². The van der Waals surface area contributed by atoms with Crippen LogP contribution in [0, 0.1) is 0 Å². The van der Waals surface area contributed by atoms with Gasteiger partial charge in [0.2, 0.25) is 0 Å². The Morgan fingerprint density at radius 3 is 1.96 bits per heavy atom. The average molecular weight is 378 g/mol. The Bertz CT molecular complexity index is 749. The van der Waals surface area contributed by atoms with Crippen molar-refractivity contribution in [1.82, 2.24) is 0 Å². The fraction of sp³-hybridized carbons (Fsp3) is 0.667. The number of ketones is 1. The summed E-state index contributed by atoms with van der Waals surface area (Å²) in [6, 6.07) is 0. The molecule has 5 rings (SSSR count). The third kappa shape index (κ3) is 1.60. The van der Waals surface area contributed by atoms with Crippen LogP contribution in [-0.4, -0.2) is 55.9 Å². The first-order valence-electron chi connectivity index (χ1n) is 5.40. The van der Waals surface area contributed by atoms with Crippen molar-refractivity contribution in [1.29, 1.82) is 0 Å². The molecule has 0 saturated carbocycles. The number of hydrogen-bond donors (Lipinski definition) is 4. The van der Waals surface area contributed by atoms with E-state index in [9.17, 15) is 39.1 Å². The van der Waals surface area contributed by atoms with Gasteiger partial charge in [-0.25, -0.2) is 32.0 Å². The zero-order chi connectivity index (χ0) is 17.1. The molecule has 4 unspecified atom stereocenters. The lowest BCUT2D eigenvalue weighted by Crippen LogP contribution is -2.76. The Morgan fingerprint density at radius 2 is 1.43 bits per heavy atom. The minimum Gasteiger partial charge on any atom is -0.368 e. The number of phosphoric acid groups is 2. The highest BCUT2D eigenvalue weighted by atomic mass is 31.2. The summed E-state index contributed by atoms with van der Waals surface area (Å²) in [5.74, 6) is -17.2. The third-order valence-corrected chi connectivity index (χ3v) is 5.85. The molecule has 15 nitrogen and oxygen atoms in total. The van der Waals surface area contributed by atoms with Crippen molar-refractivity contribution in [2.45, 2.75) is 23.5 Å². The SMILES string of the molecule is O=C1OC2(O)OP(=O)(O1)OC(O)(C1(O)OP3(=O)OC1(O)O3)C2=O. The van der Waals surface area contributed by atoms with Crippen LogP contribution in [0.5, 0.6) is 0 Å². The molecule has 5 fully saturated rings. The van der Waals surface area contributed by atoms with E-state index in [-0.39, 0.29) is 0 Å². The number of hydrogen-bond acceptors (Lipinski definition) is 15. The lowest BCUT2D eigenvalue weighted by Gasteiger charge is -2.47. The van der Waals surface area contributed by atoms with E-state index in [1.807, 2.05) is 0 Å². The van der Waals surface area contributed by atoms with E-state index >= 15 is 0 Å². The van der Waals surface area contributed by atoms with Gasteiger partial charge in [0.15, 0.2) is 0 Å². The van der Waals surface area contributed by atoms with Crippen molar-refractivity contribution in [3.8, 4) is 0 Å². The Hall–Kier alpha value is -0.960. The summed E-state index contributed by atoms with van der Waals surface area (Å²) < 4.78 is 52.3. The smallest absolute Gasteiger partial charge is 0.368 e. The van der Waals surface area contributed by atoms with E-state index < -0.39 is 51.1 Å². The number of phosphoric ester groups is 2. The number of Topliss-reactive ketones (excluding diaryl/α,β-unsaturated/α-hetero) is 1. The van der Waals surface area contributed by atoms with Crippen LogP contribution < -0.4 is 0 Å². The molecule has 0 aliphatic carbocycles. The van der Waals surface area contributed by atoms with Crippen LogP contribution in [0.1, 0.15) is 0 Å². The Kier molecular flexibility index (Phi) is 2.48. The second-order valence-electron chi connectivity index (χ2n) is 4.58. The highest BCUT2D eigenvalue weighted by molar-refractivity contribution is 7.50. The first-order chi connectivity index (χ1) is 10.3. The van der Waals surface area contributed by atoms with E-state index in [0.717, 1.165) is 0 Å². The monoisotopic (exact) mass is 378 g/mol. The standard InChI is InChI=1S/C6H4O15P2/c7-1-3(9,5(11)6(12)20-23(14,19-5)21-6)17-22(13)16-2(8)15-4(1,10)18-22/h9-12H. The van der Waals surface area contributed by atoms with Crippen LogP contribution >= 0.6 is 15.6 Å². The zero-order valence-corrected chi connectivity index (χ0v) is 12.0. The lowest BCUT2D eigenvalue weighted by atomic mass is 9.97. The highest BCUT2D eigenvalue weighted by Crippen LogP contribution is 2.79. The maximum atomic E-state index is 12.1. The fourth-order valence-electron chi connectivity index (χ4n) is 2.14. The van der Waals surface area contributed by atoms with Crippen molar-refractivity contribution in [2.24, 2.45) is 0 Å². The summed E-state index contributed by atoms with van der Waals surface area (Å²) in [5, 5.41) is 39.9. The van der Waals surface area contributed by atoms with Gasteiger partial charge in [-0.2, -0.15) is 4.52 Å². The van der Waals surface area contributed by atoms with Gasteiger partial charge in [-0.1, -0.05) is 0 Å². The summed E-state index contributed by atoms with van der Waals surface area (Å²) in [5.41, 5.74) is 0. The molecule has 4 N–H and O–H groups in total. The number of fused-ring (bicyclic) bond motifs is 3. The summed E-state index contributed by atoms with van der Waals surface area (Å²) in [6.45, 7) is 0. The molecule has 5 aliphatic rings. The van der Waals surface area contributed by atoms with Gasteiger partial charge in [-0.15, -0.1) is 0 Å². The number of ether oxygens (including phenoxy) is 1. The molecule has 0 aromatic carbocycles. The highest BCUT2D eigenvalue weighted by Gasteiger charge is 2.92. The first kappa shape index (κ1) is 15.6. The van der Waals surface area contributed by atoms with Gasteiger partial charge in [-0.3, -0.25) is 4.79 Å². The second-order valence-corrected chi connectivity index (χ2v) is 7.46. The summed E-state index contributed by atoms with van der Waals surface area (Å²) >= 11 is 0. The molecule has 23 heavy (non-hydrogen) atoms. The van der Waals surface area contributed by atoms with Crippen molar-refractivity contribution < 1.29 is 71.0 Å². The maximum Gasteiger partial charge on any atom is 0.543 e. The van der Waals surface area contributed by atoms with Crippen molar-refractivity contribution in [3.63, 3.8) is 0 Å². The number of carbonyl (C=O) groups is 2. The number of rotatable bonds is 1. The molecule has 0 amide bonds. The Morgan fingerprint density at radius 1 is 0.826 bits per heavy atom. The van der Waals surface area contributed by atoms with Crippen LogP contribution in [0.2, 0.25) is 0 Å². The fourth-order valence-corrected chi connectivity index (χ4v) is 4.93. The largest absolute Gasteiger partial charge is 0.543 e. The van der Waals surface area contributed by atoms with Gasteiger partial charge in [-0.05, 0) is 0 Å². The van der Waals surface area contributed by atoms with Crippen LogP contribution in [0.3, 0.4) is 0 Å². The summed E-state index contributed by atoms with van der Waals surface area (Å²) in [6.07, 6.45) is -1.87. The summed E-state index contributed by atoms with van der Waals surface area (Å²) in [7, 11) is -9.81. The number of aliphatic hydroxyl groups is 4. The molecule has 0 aromatic rings. The molecule has 17 heteroatoms. The molecule has 0 aromatic heterocycles. The summed E-state index contributed by atoms with van der Waals surface area (Å²) in [4.78, 5) is 23.1. The molecule has 0 spiro atoms. The van der Waals surface area contributed by atoms with E-state index in [2.05, 4.69) is 31.9 Å². The quantitative estimate of drug-likeness (QED) is 0.280. The van der Waals surface area contributed by atoms with Gasteiger partial charge >= 0.3 is 51.1 Å². The second kappa shape index (κ2) is 3.66. The van der Waals surface area contributed by atoms with Crippen molar-refractivity contribution in [3.05, 3.63) is 0 Å². The maximum absolute atomic E-state index is 12.1. The third-order valence-electron chi connectivity index (χ3n) is 3.08. The van der Waals surface area contributed by atoms with E-state index in [4.69, 9.17) is 0 Å². The van der Waals surface area contributed by atoms with Gasteiger partial charge in [0.25, 0.3) is 0 Å². The van der Waals surface area contributed by atoms with Crippen LogP contribution in [0.15, 0.2) is 0 Å². The topological polar surface area (TPSA) is 214 Å². The average Bonchev–Trinajstić information content (AvgIpc) is 2.64. The molecule has 5 heterocycles. The molecular formula is C6H4O15P2. The molecule has 5 aliphatic heterocycles. The zero-order valence-electron chi connectivity index (χ0n) is 10.2. The molecule has 4 bridgehead atoms. The van der Waals surface area contributed by atoms with Crippen LogP contribution in [0.4, 0.5) is 4.79 Å². The van der Waals surface area contributed by atoms with Crippen LogP contribution in [0.25, 0.3) is 0 Å². The van der Waals surface area contributed by atoms with Gasteiger partial charge in [0.1, 0.15) is 0 Å². The van der Waals surface area contributed by atoms with E-state index in [1.165, 1.54) is 0 Å². The predicted octanol–water partition coefficient (Wildman–Crippen LogP) is -2.27. The minimum absolute atomic E-state index is 1.87.